The lowest BCUT2D eigenvalue weighted by molar-refractivity contribution is 0.355. The van der Waals surface area contributed by atoms with Gasteiger partial charge in [-0.2, -0.15) is 0 Å². The monoisotopic (exact) mass is 482 g/mol. The number of fused-ring (bicyclic) bond motifs is 1. The number of nitrogens with two attached hydrogens (primary N) is 1. The molecule has 0 aliphatic carbocycles. The molecule has 3 rings (SSSR count). The molecule has 0 bridgehead atoms. The molecule has 0 radical (unpaired) electrons. The average Bonchev–Trinajstić information content (AvgIpc) is 2.66. The number of halogens is 1. The first-order valence-electron chi connectivity index (χ1n) is 8.68. The summed E-state index contributed by atoms with van der Waals surface area (Å²) in [4.78, 5) is 6.82. The van der Waals surface area contributed by atoms with E-state index in [4.69, 9.17) is 15.2 Å². The predicted molar refractivity (Wildman–Crippen MR) is 122 cm³/mol. The van der Waals surface area contributed by atoms with E-state index >= 15 is 0 Å². The first-order chi connectivity index (χ1) is 12.6. The minimum atomic E-state index is 0. The number of aliphatic imine (C=N–C) groups is 1. The van der Waals surface area contributed by atoms with Crippen LogP contribution in [0.25, 0.3) is 0 Å². The van der Waals surface area contributed by atoms with Crippen LogP contribution in [0.15, 0.2) is 47.5 Å². The van der Waals surface area contributed by atoms with Crippen molar-refractivity contribution in [1.29, 1.82) is 0 Å². The summed E-state index contributed by atoms with van der Waals surface area (Å²) >= 11 is 0. The first kappa shape index (κ1) is 21.1. The van der Waals surface area contributed by atoms with Gasteiger partial charge in [0.25, 0.3) is 0 Å². The van der Waals surface area contributed by atoms with E-state index < -0.39 is 0 Å². The van der Waals surface area contributed by atoms with E-state index in [0.717, 1.165) is 18.7 Å². The third-order valence-electron chi connectivity index (χ3n) is 4.62. The van der Waals surface area contributed by atoms with E-state index in [0.29, 0.717) is 29.9 Å². The van der Waals surface area contributed by atoms with Crippen molar-refractivity contribution >= 4 is 41.3 Å². The smallest absolute Gasteiger partial charge is 0.193 e. The second-order valence-corrected chi connectivity index (χ2v) is 6.50. The number of anilines is 2. The lowest BCUT2D eigenvalue weighted by Gasteiger charge is -2.32. The Morgan fingerprint density at radius 2 is 1.93 bits per heavy atom. The van der Waals surface area contributed by atoms with E-state index in [-0.39, 0.29) is 24.0 Å². The summed E-state index contributed by atoms with van der Waals surface area (Å²) in [5.41, 5.74) is 9.56. The Morgan fingerprint density at radius 1 is 1.19 bits per heavy atom. The molecule has 2 aromatic carbocycles. The number of benzene rings is 2. The summed E-state index contributed by atoms with van der Waals surface area (Å²) in [6.07, 6.45) is 1.02. The normalized spacial score (nSPS) is 16.2. The predicted octanol–water partition coefficient (Wildman–Crippen LogP) is 3.36. The molecule has 1 aliphatic heterocycles. The van der Waals surface area contributed by atoms with Crippen molar-refractivity contribution in [1.82, 2.24) is 0 Å². The van der Waals surface area contributed by atoms with Crippen molar-refractivity contribution in [2.24, 2.45) is 16.6 Å². The topological polar surface area (TPSA) is 72.1 Å². The van der Waals surface area contributed by atoms with E-state index in [1.807, 2.05) is 18.2 Å². The highest BCUT2D eigenvalue weighted by Gasteiger charge is 2.21. The Hall–Kier alpha value is -2.16. The highest BCUT2D eigenvalue weighted by molar-refractivity contribution is 14.0. The van der Waals surface area contributed by atoms with Crippen molar-refractivity contribution < 1.29 is 9.47 Å². The maximum Gasteiger partial charge on any atom is 0.193 e. The number of hydrogen-bond acceptors (Lipinski definition) is 4. The SMILES string of the molecule is COc1ccc(NC(N)=NCC2Cc3ccccc3N(C)C2)cc1OC.I. The summed E-state index contributed by atoms with van der Waals surface area (Å²) in [6, 6.07) is 14.1. The molecule has 0 aromatic heterocycles. The van der Waals surface area contributed by atoms with Crippen molar-refractivity contribution in [2.45, 2.75) is 6.42 Å². The molecular formula is C20H27IN4O2. The number of hydrogen-bond donors (Lipinski definition) is 2. The van der Waals surface area contributed by atoms with Crippen LogP contribution in [0.5, 0.6) is 11.5 Å². The minimum Gasteiger partial charge on any atom is -0.493 e. The van der Waals surface area contributed by atoms with E-state index in [1.54, 1.807) is 14.2 Å². The van der Waals surface area contributed by atoms with Gasteiger partial charge in [0, 0.05) is 43.5 Å². The Balaban J connectivity index is 0.00000261. The molecule has 1 unspecified atom stereocenters. The van der Waals surface area contributed by atoms with Gasteiger partial charge in [0.1, 0.15) is 0 Å². The molecule has 146 valence electrons. The highest BCUT2D eigenvalue weighted by atomic mass is 127. The maximum atomic E-state index is 6.07. The van der Waals surface area contributed by atoms with Gasteiger partial charge in [0.05, 0.1) is 14.2 Å². The summed E-state index contributed by atoms with van der Waals surface area (Å²) in [5.74, 6) is 2.17. The number of guanidine groups is 1. The van der Waals surface area contributed by atoms with Crippen molar-refractivity contribution in [2.75, 3.05) is 44.6 Å². The zero-order valence-corrected chi connectivity index (χ0v) is 18.3. The third-order valence-corrected chi connectivity index (χ3v) is 4.62. The van der Waals surface area contributed by atoms with Crippen LogP contribution in [0.2, 0.25) is 0 Å². The van der Waals surface area contributed by atoms with Crippen molar-refractivity contribution in [3.8, 4) is 11.5 Å². The zero-order valence-electron chi connectivity index (χ0n) is 15.9. The minimum absolute atomic E-state index is 0. The number of methoxy groups -OCH3 is 2. The fraction of sp³-hybridized carbons (Fsp3) is 0.350. The fourth-order valence-corrected chi connectivity index (χ4v) is 3.37. The molecule has 0 saturated heterocycles. The summed E-state index contributed by atoms with van der Waals surface area (Å²) in [7, 11) is 5.34. The van der Waals surface area contributed by atoms with Gasteiger partial charge in [0.15, 0.2) is 17.5 Å². The van der Waals surface area contributed by atoms with Crippen molar-refractivity contribution in [3.63, 3.8) is 0 Å². The summed E-state index contributed by atoms with van der Waals surface area (Å²) < 4.78 is 10.6. The Morgan fingerprint density at radius 3 is 2.67 bits per heavy atom. The van der Waals surface area contributed by atoms with Gasteiger partial charge in [-0.1, -0.05) is 18.2 Å². The van der Waals surface area contributed by atoms with Gasteiger partial charge in [-0.05, 0) is 30.2 Å². The van der Waals surface area contributed by atoms with Crippen LogP contribution in [0.1, 0.15) is 5.56 Å². The quantitative estimate of drug-likeness (QED) is 0.389. The summed E-state index contributed by atoms with van der Waals surface area (Å²) in [5, 5.41) is 3.12. The van der Waals surface area contributed by atoms with Gasteiger partial charge in [-0.3, -0.25) is 4.99 Å². The Bertz CT molecular complexity index is 797. The number of nitrogens with zero attached hydrogens (tertiary/aromatic N) is 2. The molecule has 3 N–H and O–H groups in total. The number of rotatable bonds is 5. The van der Waals surface area contributed by atoms with Crippen LogP contribution in [-0.2, 0) is 6.42 Å². The lowest BCUT2D eigenvalue weighted by Crippen LogP contribution is -2.34. The molecule has 0 saturated carbocycles. The van der Waals surface area contributed by atoms with Crippen LogP contribution >= 0.6 is 24.0 Å². The maximum absolute atomic E-state index is 6.07. The molecule has 1 aliphatic rings. The molecule has 0 amide bonds. The van der Waals surface area contributed by atoms with Gasteiger partial charge >= 0.3 is 0 Å². The number of nitrogens with one attached hydrogen (secondary N) is 1. The van der Waals surface area contributed by atoms with Gasteiger partial charge in [0.2, 0.25) is 0 Å². The molecule has 0 fully saturated rings. The molecule has 2 aromatic rings. The molecule has 1 heterocycles. The van der Waals surface area contributed by atoms with Gasteiger partial charge in [-0.15, -0.1) is 24.0 Å². The van der Waals surface area contributed by atoms with Crippen LogP contribution < -0.4 is 25.4 Å². The van der Waals surface area contributed by atoms with Crippen LogP contribution in [0.3, 0.4) is 0 Å². The van der Waals surface area contributed by atoms with Crippen LogP contribution in [0, 0.1) is 5.92 Å². The second-order valence-electron chi connectivity index (χ2n) is 6.50. The van der Waals surface area contributed by atoms with Crippen LogP contribution in [-0.4, -0.2) is 40.3 Å². The van der Waals surface area contributed by atoms with Gasteiger partial charge < -0.3 is 25.4 Å². The largest absolute Gasteiger partial charge is 0.493 e. The number of para-hydroxylation sites is 1. The molecule has 7 heteroatoms. The molecule has 27 heavy (non-hydrogen) atoms. The molecule has 1 atom stereocenters. The van der Waals surface area contributed by atoms with Crippen molar-refractivity contribution in [3.05, 3.63) is 48.0 Å². The van der Waals surface area contributed by atoms with E-state index in [2.05, 4.69) is 46.5 Å². The fourth-order valence-electron chi connectivity index (χ4n) is 3.37. The second kappa shape index (κ2) is 9.68. The number of ether oxygens (including phenoxy) is 2. The first-order valence-corrected chi connectivity index (χ1v) is 8.68. The van der Waals surface area contributed by atoms with Gasteiger partial charge in [-0.25, -0.2) is 0 Å². The van der Waals surface area contributed by atoms with Crippen LogP contribution in [0.4, 0.5) is 11.4 Å². The summed E-state index contributed by atoms with van der Waals surface area (Å²) in [6.45, 7) is 1.66. The van der Waals surface area contributed by atoms with E-state index in [1.165, 1.54) is 11.3 Å². The Kier molecular flexibility index (Phi) is 7.58. The standard InChI is InChI=1S/C20H26N4O2.HI/c1-24-13-14(10-15-6-4-5-7-17(15)24)12-22-20(21)23-16-8-9-18(25-2)19(11-16)26-3;/h4-9,11,14H,10,12-13H2,1-3H3,(H3,21,22,23);1H. The Labute approximate surface area is 177 Å². The molecule has 0 spiro atoms. The highest BCUT2D eigenvalue weighted by Crippen LogP contribution is 2.30. The molecule has 6 nitrogen and oxygen atoms in total. The average molecular weight is 482 g/mol. The lowest BCUT2D eigenvalue weighted by atomic mass is 9.93. The third kappa shape index (κ3) is 5.18. The molecular weight excluding hydrogens is 455 g/mol. The van der Waals surface area contributed by atoms with E-state index in [9.17, 15) is 0 Å². The zero-order chi connectivity index (χ0) is 18.5.